The first-order chi connectivity index (χ1) is 15.6. The molecular weight excluding hydrogens is 410 g/mol. The highest BCUT2D eigenvalue weighted by Gasteiger charge is 2.39. The molecule has 0 radical (unpaired) electrons. The molecule has 0 amide bonds. The molecule has 5 rings (SSSR count). The minimum atomic E-state index is -0.410. The molecule has 0 bridgehead atoms. The molecule has 1 unspecified atom stereocenters. The molecule has 3 aromatic rings. The molecule has 0 saturated carbocycles. The second-order valence-electron chi connectivity index (χ2n) is 7.42. The Balaban J connectivity index is 1.64. The largest absolute Gasteiger partial charge is 0.497 e. The van der Waals surface area contributed by atoms with Gasteiger partial charge in [0, 0.05) is 35.5 Å². The van der Waals surface area contributed by atoms with Crippen molar-refractivity contribution in [1.82, 2.24) is 4.98 Å². The average molecular weight is 429 g/mol. The molecule has 0 N–H and O–H groups in total. The molecule has 0 aliphatic carbocycles. The number of allylic oxidation sites excluding steroid dienone is 1. The van der Waals surface area contributed by atoms with Crippen LogP contribution in [0.15, 0.2) is 60.6 Å². The molecule has 2 aromatic carbocycles. The molecule has 2 aliphatic heterocycles. The molecule has 1 atom stereocenters. The summed E-state index contributed by atoms with van der Waals surface area (Å²) in [6, 6.07) is 12.3. The minimum Gasteiger partial charge on any atom is -0.497 e. The summed E-state index contributed by atoms with van der Waals surface area (Å²) in [4.78, 5) is 29.5. The SMILES string of the molecule is COc1ccc(C2CC(=O)Oc3ccc4c(c32)OC(=Cc2cccnc2)C4=O)c(OC)c1. The van der Waals surface area contributed by atoms with Crippen LogP contribution in [0.25, 0.3) is 6.08 Å². The molecule has 0 spiro atoms. The highest BCUT2D eigenvalue weighted by molar-refractivity contribution is 6.15. The van der Waals surface area contributed by atoms with E-state index in [0.717, 1.165) is 11.1 Å². The number of fused-ring (bicyclic) bond motifs is 3. The normalized spacial score (nSPS) is 17.9. The lowest BCUT2D eigenvalue weighted by Gasteiger charge is -2.27. The molecule has 7 nitrogen and oxygen atoms in total. The van der Waals surface area contributed by atoms with Crippen LogP contribution in [-0.4, -0.2) is 31.0 Å². The Morgan fingerprint density at radius 1 is 1.06 bits per heavy atom. The zero-order valence-electron chi connectivity index (χ0n) is 17.5. The van der Waals surface area contributed by atoms with E-state index in [2.05, 4.69) is 4.98 Å². The Morgan fingerprint density at radius 2 is 1.94 bits per heavy atom. The van der Waals surface area contributed by atoms with Gasteiger partial charge in [-0.3, -0.25) is 14.6 Å². The maximum atomic E-state index is 13.0. The third kappa shape index (κ3) is 3.28. The zero-order valence-corrected chi connectivity index (χ0v) is 17.5. The molecule has 0 fully saturated rings. The lowest BCUT2D eigenvalue weighted by molar-refractivity contribution is -0.135. The van der Waals surface area contributed by atoms with E-state index in [1.807, 2.05) is 12.1 Å². The molecule has 3 heterocycles. The summed E-state index contributed by atoms with van der Waals surface area (Å²) in [6.45, 7) is 0. The Bertz CT molecular complexity index is 1260. The Kier molecular flexibility index (Phi) is 4.86. The number of hydrogen-bond donors (Lipinski definition) is 0. The molecule has 32 heavy (non-hydrogen) atoms. The van der Waals surface area contributed by atoms with Crippen LogP contribution in [0, 0.1) is 0 Å². The highest BCUT2D eigenvalue weighted by atomic mass is 16.5. The Morgan fingerprint density at radius 3 is 2.69 bits per heavy atom. The van der Waals surface area contributed by atoms with Crippen molar-refractivity contribution >= 4 is 17.8 Å². The number of pyridine rings is 1. The van der Waals surface area contributed by atoms with Gasteiger partial charge in [0.05, 0.1) is 26.2 Å². The van der Waals surface area contributed by atoms with Crippen molar-refractivity contribution in [3.63, 3.8) is 0 Å². The van der Waals surface area contributed by atoms with E-state index in [0.29, 0.717) is 34.1 Å². The highest BCUT2D eigenvalue weighted by Crippen LogP contribution is 2.50. The molecule has 2 aliphatic rings. The molecule has 7 heteroatoms. The fourth-order valence-corrected chi connectivity index (χ4v) is 4.09. The quantitative estimate of drug-likeness (QED) is 0.350. The van der Waals surface area contributed by atoms with Crippen molar-refractivity contribution in [2.45, 2.75) is 12.3 Å². The van der Waals surface area contributed by atoms with Crippen molar-refractivity contribution in [3.05, 3.63) is 82.9 Å². The van der Waals surface area contributed by atoms with Gasteiger partial charge in [0.25, 0.3) is 0 Å². The number of nitrogens with zero attached hydrogens (tertiary/aromatic N) is 1. The van der Waals surface area contributed by atoms with Gasteiger partial charge in [-0.25, -0.2) is 0 Å². The van der Waals surface area contributed by atoms with Gasteiger partial charge >= 0.3 is 5.97 Å². The van der Waals surface area contributed by atoms with Crippen molar-refractivity contribution in [2.75, 3.05) is 14.2 Å². The van der Waals surface area contributed by atoms with Gasteiger partial charge in [0.2, 0.25) is 5.78 Å². The van der Waals surface area contributed by atoms with Crippen molar-refractivity contribution in [1.29, 1.82) is 0 Å². The number of hydrogen-bond acceptors (Lipinski definition) is 7. The van der Waals surface area contributed by atoms with Gasteiger partial charge in [0.1, 0.15) is 23.0 Å². The number of ketones is 1. The van der Waals surface area contributed by atoms with E-state index in [4.69, 9.17) is 18.9 Å². The number of methoxy groups -OCH3 is 2. The standard InChI is InChI=1S/C25H19NO6/c1-29-15-5-6-16(20(11-15)30-2)18-12-22(27)31-19-8-7-17-24(28)21(32-25(17)23(18)19)10-14-4-3-9-26-13-14/h3-11,13,18H,12H2,1-2H3. The molecular formula is C25H19NO6. The van der Waals surface area contributed by atoms with Gasteiger partial charge in [-0.15, -0.1) is 0 Å². The van der Waals surface area contributed by atoms with Gasteiger partial charge in [0.15, 0.2) is 5.76 Å². The first kappa shape index (κ1) is 19.8. The number of rotatable bonds is 4. The first-order valence-electron chi connectivity index (χ1n) is 10.0. The van der Waals surface area contributed by atoms with Crippen LogP contribution in [0.1, 0.15) is 39.4 Å². The third-order valence-electron chi connectivity index (χ3n) is 5.58. The second-order valence-corrected chi connectivity index (χ2v) is 7.42. The van der Waals surface area contributed by atoms with Crippen LogP contribution in [-0.2, 0) is 4.79 Å². The number of benzene rings is 2. The van der Waals surface area contributed by atoms with Crippen LogP contribution in [0.5, 0.6) is 23.0 Å². The van der Waals surface area contributed by atoms with Crippen LogP contribution >= 0.6 is 0 Å². The topological polar surface area (TPSA) is 84.0 Å². The van der Waals surface area contributed by atoms with Gasteiger partial charge in [-0.05, 0) is 35.9 Å². The molecule has 160 valence electrons. The van der Waals surface area contributed by atoms with Crippen LogP contribution in [0.4, 0.5) is 0 Å². The number of carbonyl (C=O) groups is 2. The smallest absolute Gasteiger partial charge is 0.312 e. The summed E-state index contributed by atoms with van der Waals surface area (Å²) in [5.41, 5.74) is 2.60. The first-order valence-corrected chi connectivity index (χ1v) is 10.0. The van der Waals surface area contributed by atoms with Crippen LogP contribution < -0.4 is 18.9 Å². The minimum absolute atomic E-state index is 0.0886. The fourth-order valence-electron chi connectivity index (χ4n) is 4.09. The molecule has 0 saturated heterocycles. The van der Waals surface area contributed by atoms with E-state index in [9.17, 15) is 9.59 Å². The predicted molar refractivity (Wildman–Crippen MR) is 115 cm³/mol. The lowest BCUT2D eigenvalue weighted by Crippen LogP contribution is -2.22. The van der Waals surface area contributed by atoms with E-state index < -0.39 is 5.92 Å². The third-order valence-corrected chi connectivity index (χ3v) is 5.58. The maximum absolute atomic E-state index is 13.0. The zero-order chi connectivity index (χ0) is 22.2. The summed E-state index contributed by atoms with van der Waals surface area (Å²) in [7, 11) is 3.13. The van der Waals surface area contributed by atoms with E-state index in [-0.39, 0.29) is 23.9 Å². The number of esters is 1. The van der Waals surface area contributed by atoms with Crippen molar-refractivity contribution < 1.29 is 28.5 Å². The van der Waals surface area contributed by atoms with Crippen LogP contribution in [0.2, 0.25) is 0 Å². The van der Waals surface area contributed by atoms with Gasteiger partial charge in [-0.1, -0.05) is 12.1 Å². The fraction of sp³-hybridized carbons (Fsp3) is 0.160. The average Bonchev–Trinajstić information content (AvgIpc) is 3.13. The lowest BCUT2D eigenvalue weighted by atomic mass is 9.84. The number of aromatic nitrogens is 1. The summed E-state index contributed by atoms with van der Waals surface area (Å²) < 4.78 is 22.4. The monoisotopic (exact) mass is 429 g/mol. The summed E-state index contributed by atoms with van der Waals surface area (Å²) in [5, 5.41) is 0. The van der Waals surface area contributed by atoms with E-state index in [1.165, 1.54) is 0 Å². The maximum Gasteiger partial charge on any atom is 0.312 e. The summed E-state index contributed by atoms with van der Waals surface area (Å²) >= 11 is 0. The van der Waals surface area contributed by atoms with Crippen molar-refractivity contribution in [3.8, 4) is 23.0 Å². The van der Waals surface area contributed by atoms with E-state index in [1.54, 1.807) is 63.0 Å². The predicted octanol–water partition coefficient (Wildman–Crippen LogP) is 4.16. The van der Waals surface area contributed by atoms with Crippen molar-refractivity contribution in [2.24, 2.45) is 0 Å². The number of ether oxygens (including phenoxy) is 4. The Hall–Kier alpha value is -4.13. The summed E-state index contributed by atoms with van der Waals surface area (Å²) in [5.74, 6) is 1.17. The summed E-state index contributed by atoms with van der Waals surface area (Å²) in [6.07, 6.45) is 5.05. The van der Waals surface area contributed by atoms with Crippen LogP contribution in [0.3, 0.4) is 0 Å². The Labute approximate surface area is 184 Å². The molecule has 1 aromatic heterocycles. The number of carbonyl (C=O) groups excluding carboxylic acids is 2. The second kappa shape index (κ2) is 7.85. The number of Topliss-reactive ketones (excluding diaryl/α,β-unsaturated/α-hetero) is 1. The van der Waals surface area contributed by atoms with E-state index >= 15 is 0 Å². The van der Waals surface area contributed by atoms with Gasteiger partial charge in [-0.2, -0.15) is 0 Å². The van der Waals surface area contributed by atoms with Gasteiger partial charge < -0.3 is 18.9 Å².